The van der Waals surface area contributed by atoms with Crippen molar-refractivity contribution in [2.75, 3.05) is 11.9 Å². The molecule has 1 aromatic carbocycles. The Morgan fingerprint density at radius 1 is 1.19 bits per heavy atom. The number of amides is 1. The number of rotatable bonds is 5. The van der Waals surface area contributed by atoms with Crippen molar-refractivity contribution in [1.29, 1.82) is 0 Å². The summed E-state index contributed by atoms with van der Waals surface area (Å²) in [6.07, 6.45) is 0. The predicted octanol–water partition coefficient (Wildman–Crippen LogP) is 3.17. The number of benzene rings is 1. The largest absolute Gasteiger partial charge is 0.465 e. The summed E-state index contributed by atoms with van der Waals surface area (Å²) >= 11 is 0. The van der Waals surface area contributed by atoms with E-state index in [1.54, 1.807) is 24.6 Å². The van der Waals surface area contributed by atoms with E-state index in [1.165, 1.54) is 0 Å². The van der Waals surface area contributed by atoms with Gasteiger partial charge in [0, 0.05) is 11.1 Å². The van der Waals surface area contributed by atoms with E-state index in [2.05, 4.69) is 15.4 Å². The third kappa shape index (κ3) is 3.81. The molecule has 0 saturated heterocycles. The highest BCUT2D eigenvalue weighted by atomic mass is 16.5. The van der Waals surface area contributed by atoms with Gasteiger partial charge in [-0.25, -0.2) is 0 Å². The fraction of sp³-hybridized carbons (Fsp3) is 0.300. The Balaban J connectivity index is 1.91. The molecule has 0 aliphatic rings. The molecule has 0 saturated carbocycles. The topological polar surface area (TPSA) is 86.1 Å². The molecule has 1 amide bonds. The number of anilines is 1. The smallest absolute Gasteiger partial charge is 0.327 e. The molecule has 0 spiro atoms. The van der Waals surface area contributed by atoms with Gasteiger partial charge in [0.05, 0.1) is 34.8 Å². The van der Waals surface area contributed by atoms with Gasteiger partial charge in [-0.2, -0.15) is 5.10 Å². The number of ether oxygens (including phenoxy) is 1. The van der Waals surface area contributed by atoms with Gasteiger partial charge in [-0.3, -0.25) is 19.3 Å². The van der Waals surface area contributed by atoms with Gasteiger partial charge < -0.3 is 10.1 Å². The SMILES string of the molecule is CCOC(=O)Cn1nc(C)c(NC(=O)c2cc(C)nc3ccccc23)c1C. The molecule has 140 valence electrons. The fourth-order valence-corrected chi connectivity index (χ4v) is 3.04. The lowest BCUT2D eigenvalue weighted by molar-refractivity contribution is -0.144. The van der Waals surface area contributed by atoms with Crippen LogP contribution in [0.4, 0.5) is 5.69 Å². The van der Waals surface area contributed by atoms with Crippen molar-refractivity contribution in [3.63, 3.8) is 0 Å². The molecule has 3 aromatic rings. The number of carbonyl (C=O) groups is 2. The Kier molecular flexibility index (Phi) is 5.21. The second-order valence-corrected chi connectivity index (χ2v) is 6.29. The number of aromatic nitrogens is 3. The highest BCUT2D eigenvalue weighted by Crippen LogP contribution is 2.23. The third-order valence-corrected chi connectivity index (χ3v) is 4.29. The van der Waals surface area contributed by atoms with Crippen LogP contribution in [0, 0.1) is 20.8 Å². The molecule has 0 aliphatic heterocycles. The number of aryl methyl sites for hydroxylation is 2. The van der Waals surface area contributed by atoms with Crippen LogP contribution in [0.25, 0.3) is 10.9 Å². The van der Waals surface area contributed by atoms with E-state index in [9.17, 15) is 9.59 Å². The molecule has 0 bridgehead atoms. The van der Waals surface area contributed by atoms with Gasteiger partial charge in [0.2, 0.25) is 0 Å². The first-order valence-electron chi connectivity index (χ1n) is 8.78. The molecule has 0 radical (unpaired) electrons. The Morgan fingerprint density at radius 2 is 1.93 bits per heavy atom. The van der Waals surface area contributed by atoms with Crippen molar-refractivity contribution >= 4 is 28.5 Å². The molecule has 0 unspecified atom stereocenters. The van der Waals surface area contributed by atoms with Gasteiger partial charge in [-0.05, 0) is 39.8 Å². The number of para-hydroxylation sites is 1. The van der Waals surface area contributed by atoms with Crippen LogP contribution in [0.1, 0.15) is 34.4 Å². The van der Waals surface area contributed by atoms with Gasteiger partial charge in [-0.1, -0.05) is 18.2 Å². The molecule has 0 atom stereocenters. The molecule has 0 aliphatic carbocycles. The van der Waals surface area contributed by atoms with Crippen LogP contribution in [0.3, 0.4) is 0 Å². The van der Waals surface area contributed by atoms with Gasteiger partial charge in [0.15, 0.2) is 0 Å². The molecule has 2 heterocycles. The summed E-state index contributed by atoms with van der Waals surface area (Å²) in [6, 6.07) is 9.30. The zero-order valence-corrected chi connectivity index (χ0v) is 15.9. The van der Waals surface area contributed by atoms with Crippen molar-refractivity contribution in [3.8, 4) is 0 Å². The van der Waals surface area contributed by atoms with Crippen LogP contribution in [0.15, 0.2) is 30.3 Å². The monoisotopic (exact) mass is 366 g/mol. The minimum Gasteiger partial charge on any atom is -0.465 e. The number of nitrogens with one attached hydrogen (secondary N) is 1. The van der Waals surface area contributed by atoms with Crippen molar-refractivity contribution in [2.24, 2.45) is 0 Å². The summed E-state index contributed by atoms with van der Waals surface area (Å²) in [7, 11) is 0. The average Bonchev–Trinajstić information content (AvgIpc) is 2.88. The van der Waals surface area contributed by atoms with E-state index >= 15 is 0 Å². The van der Waals surface area contributed by atoms with Crippen LogP contribution in [0.2, 0.25) is 0 Å². The normalized spacial score (nSPS) is 10.8. The van der Waals surface area contributed by atoms with E-state index in [0.717, 1.165) is 16.6 Å². The van der Waals surface area contributed by atoms with E-state index in [-0.39, 0.29) is 18.4 Å². The maximum absolute atomic E-state index is 13.0. The van der Waals surface area contributed by atoms with Crippen molar-refractivity contribution < 1.29 is 14.3 Å². The zero-order chi connectivity index (χ0) is 19.6. The predicted molar refractivity (Wildman–Crippen MR) is 103 cm³/mol. The second kappa shape index (κ2) is 7.57. The van der Waals surface area contributed by atoms with Crippen LogP contribution in [-0.2, 0) is 16.1 Å². The number of hydrogen-bond donors (Lipinski definition) is 1. The molecular formula is C20H22N4O3. The molecule has 7 nitrogen and oxygen atoms in total. The minimum absolute atomic E-state index is 0.00762. The maximum Gasteiger partial charge on any atom is 0.327 e. The summed E-state index contributed by atoms with van der Waals surface area (Å²) < 4.78 is 6.51. The van der Waals surface area contributed by atoms with Gasteiger partial charge in [-0.15, -0.1) is 0 Å². The van der Waals surface area contributed by atoms with Gasteiger partial charge in [0.25, 0.3) is 5.91 Å². The minimum atomic E-state index is -0.364. The molecule has 27 heavy (non-hydrogen) atoms. The Hall–Kier alpha value is -3.22. The third-order valence-electron chi connectivity index (χ3n) is 4.29. The quantitative estimate of drug-likeness (QED) is 0.701. The Labute approximate surface area is 157 Å². The summed E-state index contributed by atoms with van der Waals surface area (Å²) in [5, 5.41) is 8.07. The summed E-state index contributed by atoms with van der Waals surface area (Å²) in [5.41, 5.74) is 4.03. The number of pyridine rings is 1. The van der Waals surface area contributed by atoms with Gasteiger partial charge in [0.1, 0.15) is 6.54 Å². The summed E-state index contributed by atoms with van der Waals surface area (Å²) in [4.78, 5) is 29.2. The van der Waals surface area contributed by atoms with E-state index in [4.69, 9.17) is 4.74 Å². The number of nitrogens with zero attached hydrogens (tertiary/aromatic N) is 3. The van der Waals surface area contributed by atoms with E-state index in [1.807, 2.05) is 38.1 Å². The first-order valence-corrected chi connectivity index (χ1v) is 8.78. The lowest BCUT2D eigenvalue weighted by Gasteiger charge is -2.10. The Morgan fingerprint density at radius 3 is 2.67 bits per heavy atom. The number of hydrogen-bond acceptors (Lipinski definition) is 5. The first-order chi connectivity index (χ1) is 12.9. The lowest BCUT2D eigenvalue weighted by Crippen LogP contribution is -2.16. The van der Waals surface area contributed by atoms with Crippen molar-refractivity contribution in [3.05, 3.63) is 53.0 Å². The average molecular weight is 366 g/mol. The van der Waals surface area contributed by atoms with Crippen LogP contribution in [0.5, 0.6) is 0 Å². The lowest BCUT2D eigenvalue weighted by atomic mass is 10.1. The standard InChI is InChI=1S/C20H22N4O3/c1-5-27-18(25)11-24-14(4)19(13(3)23-24)22-20(26)16-10-12(2)21-17-9-7-6-8-15(16)17/h6-10H,5,11H2,1-4H3,(H,22,26). The molecule has 1 N–H and O–H groups in total. The highest BCUT2D eigenvalue weighted by molar-refractivity contribution is 6.12. The Bertz CT molecular complexity index is 1020. The first kappa shape index (κ1) is 18.6. The summed E-state index contributed by atoms with van der Waals surface area (Å²) in [6.45, 7) is 7.54. The second-order valence-electron chi connectivity index (χ2n) is 6.29. The van der Waals surface area contributed by atoms with Crippen molar-refractivity contribution in [1.82, 2.24) is 14.8 Å². The molecule has 3 rings (SSSR count). The zero-order valence-electron chi connectivity index (χ0n) is 15.9. The van der Waals surface area contributed by atoms with E-state index < -0.39 is 0 Å². The fourth-order valence-electron chi connectivity index (χ4n) is 3.04. The number of esters is 1. The van der Waals surface area contributed by atoms with Crippen LogP contribution in [-0.4, -0.2) is 33.2 Å². The molecule has 7 heteroatoms. The highest BCUT2D eigenvalue weighted by Gasteiger charge is 2.19. The van der Waals surface area contributed by atoms with E-state index in [0.29, 0.717) is 29.2 Å². The van der Waals surface area contributed by atoms with Crippen molar-refractivity contribution in [2.45, 2.75) is 34.2 Å². The van der Waals surface area contributed by atoms with Crippen LogP contribution < -0.4 is 5.32 Å². The maximum atomic E-state index is 13.0. The molecule has 0 fully saturated rings. The number of fused-ring (bicyclic) bond motifs is 1. The number of carbonyl (C=O) groups excluding carboxylic acids is 2. The molecular weight excluding hydrogens is 344 g/mol. The van der Waals surface area contributed by atoms with Crippen LogP contribution >= 0.6 is 0 Å². The summed E-state index contributed by atoms with van der Waals surface area (Å²) in [5.74, 6) is -0.602. The van der Waals surface area contributed by atoms with Gasteiger partial charge >= 0.3 is 5.97 Å². The molecule has 2 aromatic heterocycles.